The van der Waals surface area contributed by atoms with Crippen LogP contribution in [0.25, 0.3) is 0 Å². The lowest BCUT2D eigenvalue weighted by atomic mass is 10.2. The molecule has 0 saturated heterocycles. The Morgan fingerprint density at radius 3 is 2.67 bits per heavy atom. The van der Waals surface area contributed by atoms with Crippen LogP contribution in [0.1, 0.15) is 20.8 Å². The van der Waals surface area contributed by atoms with Gasteiger partial charge in [-0.3, -0.25) is 10.1 Å². The molecule has 0 amide bonds. The van der Waals surface area contributed by atoms with Crippen LogP contribution in [0.5, 0.6) is 0 Å². The van der Waals surface area contributed by atoms with Crippen LogP contribution >= 0.6 is 12.6 Å². The van der Waals surface area contributed by atoms with Gasteiger partial charge in [0.15, 0.2) is 0 Å². The molecular weight excluding hydrogens is 216 g/mol. The smallest absolute Gasteiger partial charge is 0.323 e. The molecule has 2 atom stereocenters. The Morgan fingerprint density at radius 1 is 1.67 bits per heavy atom. The first-order chi connectivity index (χ1) is 7.06. The largest absolute Gasteiger partial charge is 0.465 e. The maximum absolute atomic E-state index is 11.4. The molecule has 0 aromatic carbocycles. The fourth-order valence-corrected chi connectivity index (χ4v) is 1.20. The summed E-state index contributed by atoms with van der Waals surface area (Å²) in [5, 5.41) is 14.6. The van der Waals surface area contributed by atoms with Crippen LogP contribution in [-0.4, -0.2) is 41.3 Å². The molecule has 0 bridgehead atoms. The highest BCUT2D eigenvalue weighted by molar-refractivity contribution is 7.80. The third-order valence-electron chi connectivity index (χ3n) is 1.99. The van der Waals surface area contributed by atoms with Gasteiger partial charge in [-0.05, 0) is 20.8 Å². The lowest BCUT2D eigenvalue weighted by Gasteiger charge is -2.19. The Morgan fingerprint density at radius 2 is 2.27 bits per heavy atom. The first-order valence-electron chi connectivity index (χ1n) is 4.78. The lowest BCUT2D eigenvalue weighted by molar-refractivity contribution is -0.145. The van der Waals surface area contributed by atoms with Gasteiger partial charge in [0.25, 0.3) is 0 Å². The summed E-state index contributed by atoms with van der Waals surface area (Å²) in [7, 11) is 0. The van der Waals surface area contributed by atoms with E-state index in [0.29, 0.717) is 18.1 Å². The van der Waals surface area contributed by atoms with E-state index in [9.17, 15) is 4.79 Å². The number of thiol groups is 1. The molecular formula is C9H18N2O3S. The quantitative estimate of drug-likeness (QED) is 0.208. The topological polar surface area (TPSA) is 70.9 Å². The SMILES string of the molecule is CCOC(=O)[C@@H](CS)NC(C)/C(C)=N/O. The number of rotatable bonds is 6. The summed E-state index contributed by atoms with van der Waals surface area (Å²) in [4.78, 5) is 11.4. The van der Waals surface area contributed by atoms with Crippen molar-refractivity contribution in [2.24, 2.45) is 5.16 Å². The molecule has 0 radical (unpaired) electrons. The van der Waals surface area contributed by atoms with Gasteiger partial charge in [0.05, 0.1) is 12.3 Å². The van der Waals surface area contributed by atoms with E-state index >= 15 is 0 Å². The van der Waals surface area contributed by atoms with Crippen molar-refractivity contribution in [1.29, 1.82) is 0 Å². The molecule has 88 valence electrons. The number of carbonyl (C=O) groups excluding carboxylic acids is 1. The van der Waals surface area contributed by atoms with E-state index in [1.165, 1.54) is 0 Å². The van der Waals surface area contributed by atoms with Crippen LogP contribution in [0.15, 0.2) is 5.16 Å². The highest BCUT2D eigenvalue weighted by atomic mass is 32.1. The molecule has 0 aromatic heterocycles. The minimum absolute atomic E-state index is 0.198. The fraction of sp³-hybridized carbons (Fsp3) is 0.778. The van der Waals surface area contributed by atoms with Gasteiger partial charge in [0.1, 0.15) is 6.04 Å². The molecule has 6 heteroatoms. The summed E-state index contributed by atoms with van der Waals surface area (Å²) < 4.78 is 4.86. The molecule has 0 heterocycles. The molecule has 0 aliphatic heterocycles. The van der Waals surface area contributed by atoms with Gasteiger partial charge in [-0.15, -0.1) is 0 Å². The van der Waals surface area contributed by atoms with Gasteiger partial charge in [-0.1, -0.05) is 5.16 Å². The zero-order chi connectivity index (χ0) is 11.8. The minimum Gasteiger partial charge on any atom is -0.465 e. The third kappa shape index (κ3) is 5.03. The summed E-state index contributed by atoms with van der Waals surface area (Å²) >= 11 is 4.05. The average molecular weight is 234 g/mol. The number of oxime groups is 1. The number of nitrogens with one attached hydrogen (secondary N) is 1. The minimum atomic E-state index is -0.486. The predicted octanol–water partition coefficient (Wildman–Crippen LogP) is 0.676. The van der Waals surface area contributed by atoms with E-state index in [-0.39, 0.29) is 12.0 Å². The number of hydrogen-bond acceptors (Lipinski definition) is 6. The summed E-state index contributed by atoms with van der Waals surface area (Å²) in [5.41, 5.74) is 0.506. The molecule has 5 nitrogen and oxygen atoms in total. The van der Waals surface area contributed by atoms with Crippen molar-refractivity contribution in [3.8, 4) is 0 Å². The zero-order valence-electron chi connectivity index (χ0n) is 9.23. The van der Waals surface area contributed by atoms with Crippen LogP contribution in [0.4, 0.5) is 0 Å². The Balaban J connectivity index is 4.26. The Bertz CT molecular complexity index is 233. The summed E-state index contributed by atoms with van der Waals surface area (Å²) in [6.07, 6.45) is 0. The molecule has 0 aliphatic rings. The molecule has 0 rings (SSSR count). The predicted molar refractivity (Wildman–Crippen MR) is 61.8 cm³/mol. The fourth-order valence-electron chi connectivity index (χ4n) is 0.947. The van der Waals surface area contributed by atoms with E-state index in [4.69, 9.17) is 9.94 Å². The summed E-state index contributed by atoms with van der Waals surface area (Å²) in [5.74, 6) is -0.00731. The first kappa shape index (κ1) is 14.2. The van der Waals surface area contributed by atoms with Crippen molar-refractivity contribution >= 4 is 24.3 Å². The second-order valence-electron chi connectivity index (χ2n) is 3.12. The van der Waals surface area contributed by atoms with Crippen molar-refractivity contribution in [1.82, 2.24) is 5.32 Å². The van der Waals surface area contributed by atoms with Crippen molar-refractivity contribution in [2.75, 3.05) is 12.4 Å². The average Bonchev–Trinajstić information content (AvgIpc) is 2.24. The van der Waals surface area contributed by atoms with Crippen molar-refractivity contribution in [3.63, 3.8) is 0 Å². The Kier molecular flexibility index (Phi) is 7.15. The third-order valence-corrected chi connectivity index (χ3v) is 2.35. The highest BCUT2D eigenvalue weighted by Gasteiger charge is 2.21. The van der Waals surface area contributed by atoms with Crippen LogP contribution in [0.3, 0.4) is 0 Å². The van der Waals surface area contributed by atoms with Crippen LogP contribution in [0.2, 0.25) is 0 Å². The molecule has 0 aromatic rings. The summed E-state index contributed by atoms with van der Waals surface area (Å²) in [6, 6.07) is -0.684. The van der Waals surface area contributed by atoms with Gasteiger partial charge < -0.3 is 9.94 Å². The van der Waals surface area contributed by atoms with Crippen LogP contribution < -0.4 is 5.32 Å². The van der Waals surface area contributed by atoms with Gasteiger partial charge in [0.2, 0.25) is 0 Å². The van der Waals surface area contributed by atoms with Crippen molar-refractivity contribution in [2.45, 2.75) is 32.9 Å². The molecule has 0 fully saturated rings. The van der Waals surface area contributed by atoms with E-state index in [2.05, 4.69) is 23.1 Å². The van der Waals surface area contributed by atoms with Gasteiger partial charge >= 0.3 is 5.97 Å². The Labute approximate surface area is 95.3 Å². The lowest BCUT2D eigenvalue weighted by Crippen LogP contribution is -2.47. The number of carbonyl (C=O) groups is 1. The van der Waals surface area contributed by atoms with Crippen molar-refractivity contribution in [3.05, 3.63) is 0 Å². The molecule has 0 aliphatic carbocycles. The number of ether oxygens (including phenoxy) is 1. The molecule has 0 spiro atoms. The highest BCUT2D eigenvalue weighted by Crippen LogP contribution is 1.97. The van der Waals surface area contributed by atoms with Crippen LogP contribution in [-0.2, 0) is 9.53 Å². The van der Waals surface area contributed by atoms with E-state index in [1.54, 1.807) is 20.8 Å². The number of esters is 1. The first-order valence-corrected chi connectivity index (χ1v) is 5.42. The second-order valence-corrected chi connectivity index (χ2v) is 3.48. The number of nitrogens with zero attached hydrogens (tertiary/aromatic N) is 1. The molecule has 1 unspecified atom stereocenters. The van der Waals surface area contributed by atoms with Gasteiger partial charge in [0, 0.05) is 11.8 Å². The van der Waals surface area contributed by atoms with E-state index in [0.717, 1.165) is 0 Å². The Hall–Kier alpha value is -0.750. The normalized spacial score (nSPS) is 15.9. The van der Waals surface area contributed by atoms with Crippen LogP contribution in [0, 0.1) is 0 Å². The van der Waals surface area contributed by atoms with Gasteiger partial charge in [-0.2, -0.15) is 12.6 Å². The molecule has 2 N–H and O–H groups in total. The van der Waals surface area contributed by atoms with E-state index < -0.39 is 6.04 Å². The van der Waals surface area contributed by atoms with E-state index in [1.807, 2.05) is 0 Å². The van der Waals surface area contributed by atoms with Crippen molar-refractivity contribution < 1.29 is 14.7 Å². The molecule has 15 heavy (non-hydrogen) atoms. The monoisotopic (exact) mass is 234 g/mol. The standard InChI is InChI=1S/C9H18N2O3S/c1-4-14-9(12)8(5-15)10-6(2)7(3)11-13/h6,8,10,13,15H,4-5H2,1-3H3/b11-7+/t6?,8-/m1/s1. The maximum atomic E-state index is 11.4. The second kappa shape index (κ2) is 7.53. The molecule has 0 saturated carbocycles. The number of hydrogen-bond donors (Lipinski definition) is 3. The maximum Gasteiger partial charge on any atom is 0.323 e. The summed E-state index contributed by atoms with van der Waals surface area (Å²) in [6.45, 7) is 5.55. The zero-order valence-corrected chi connectivity index (χ0v) is 10.1. The van der Waals surface area contributed by atoms with Gasteiger partial charge in [-0.25, -0.2) is 0 Å².